The average molecular weight is 222 g/mol. The van der Waals surface area contributed by atoms with Gasteiger partial charge in [0.05, 0.1) is 12.5 Å². The van der Waals surface area contributed by atoms with Gasteiger partial charge in [0.15, 0.2) is 0 Å². The molecule has 0 bridgehead atoms. The van der Waals surface area contributed by atoms with Crippen molar-refractivity contribution >= 4 is 5.69 Å². The number of benzene rings is 2. The van der Waals surface area contributed by atoms with Gasteiger partial charge in [-0.25, -0.2) is 0 Å². The molecule has 2 aromatic carbocycles. The van der Waals surface area contributed by atoms with Crippen LogP contribution in [0.3, 0.4) is 0 Å². The summed E-state index contributed by atoms with van der Waals surface area (Å²) in [6, 6.07) is 16.1. The second-order valence-corrected chi connectivity index (χ2v) is 4.10. The van der Waals surface area contributed by atoms with Crippen LogP contribution in [0.4, 0.5) is 5.69 Å². The lowest BCUT2D eigenvalue weighted by Crippen LogP contribution is -1.89. The highest BCUT2D eigenvalue weighted by Crippen LogP contribution is 2.24. The minimum Gasteiger partial charge on any atom is -0.399 e. The molecular weight excluding hydrogens is 208 g/mol. The predicted molar refractivity (Wildman–Crippen MR) is 70.3 cm³/mol. The standard InChI is InChI=1S/C15H14N2/c1-11-9-14(6-5-12(11)7-8-16)13-3-2-4-15(17)10-13/h2-6,9-10H,7,17H2,1H3. The third-order valence-electron chi connectivity index (χ3n) is 2.83. The van der Waals surface area contributed by atoms with Gasteiger partial charge in [-0.2, -0.15) is 5.26 Å². The van der Waals surface area contributed by atoms with Gasteiger partial charge in [0.1, 0.15) is 0 Å². The maximum absolute atomic E-state index is 8.70. The fraction of sp³-hybridized carbons (Fsp3) is 0.133. The van der Waals surface area contributed by atoms with E-state index in [2.05, 4.69) is 12.1 Å². The topological polar surface area (TPSA) is 49.8 Å². The van der Waals surface area contributed by atoms with Crippen LogP contribution in [0.1, 0.15) is 11.1 Å². The Hall–Kier alpha value is -2.27. The van der Waals surface area contributed by atoms with Crippen LogP contribution < -0.4 is 5.73 Å². The molecule has 0 atom stereocenters. The molecular formula is C15H14N2. The van der Waals surface area contributed by atoms with Gasteiger partial charge in [-0.1, -0.05) is 30.3 Å². The van der Waals surface area contributed by atoms with Crippen LogP contribution in [0.5, 0.6) is 0 Å². The molecule has 2 heteroatoms. The quantitative estimate of drug-likeness (QED) is 0.792. The van der Waals surface area contributed by atoms with E-state index in [-0.39, 0.29) is 0 Å². The summed E-state index contributed by atoms with van der Waals surface area (Å²) < 4.78 is 0. The third kappa shape index (κ3) is 2.46. The monoisotopic (exact) mass is 222 g/mol. The number of nitrogens with zero attached hydrogens (tertiary/aromatic N) is 1. The zero-order chi connectivity index (χ0) is 12.3. The molecule has 0 radical (unpaired) electrons. The summed E-state index contributed by atoms with van der Waals surface area (Å²) in [7, 11) is 0. The van der Waals surface area contributed by atoms with Crippen LogP contribution in [-0.2, 0) is 6.42 Å². The summed E-state index contributed by atoms with van der Waals surface area (Å²) in [5, 5.41) is 8.70. The number of anilines is 1. The van der Waals surface area contributed by atoms with Crippen LogP contribution in [-0.4, -0.2) is 0 Å². The zero-order valence-corrected chi connectivity index (χ0v) is 9.77. The summed E-state index contributed by atoms with van der Waals surface area (Å²) in [5.74, 6) is 0. The van der Waals surface area contributed by atoms with Crippen molar-refractivity contribution in [1.29, 1.82) is 5.26 Å². The van der Waals surface area contributed by atoms with Gasteiger partial charge in [-0.3, -0.25) is 0 Å². The molecule has 0 saturated carbocycles. The molecule has 0 amide bonds. The van der Waals surface area contributed by atoms with E-state index in [9.17, 15) is 0 Å². The van der Waals surface area contributed by atoms with E-state index in [1.165, 1.54) is 0 Å². The van der Waals surface area contributed by atoms with Crippen LogP contribution in [0, 0.1) is 18.3 Å². The first-order valence-corrected chi connectivity index (χ1v) is 5.53. The Morgan fingerprint density at radius 2 is 1.88 bits per heavy atom. The Morgan fingerprint density at radius 1 is 1.12 bits per heavy atom. The largest absolute Gasteiger partial charge is 0.399 e. The SMILES string of the molecule is Cc1cc(-c2cccc(N)c2)ccc1CC#N. The van der Waals surface area contributed by atoms with Crippen LogP contribution >= 0.6 is 0 Å². The lowest BCUT2D eigenvalue weighted by atomic mass is 9.98. The molecule has 2 aromatic rings. The van der Waals surface area contributed by atoms with Gasteiger partial charge >= 0.3 is 0 Å². The molecule has 0 saturated heterocycles. The number of nitrogens with two attached hydrogens (primary N) is 1. The maximum Gasteiger partial charge on any atom is 0.0669 e. The summed E-state index contributed by atoms with van der Waals surface area (Å²) in [6.45, 7) is 2.03. The molecule has 0 aliphatic carbocycles. The summed E-state index contributed by atoms with van der Waals surface area (Å²) in [5.41, 5.74) is 11.0. The molecule has 0 aromatic heterocycles. The second kappa shape index (κ2) is 4.71. The van der Waals surface area contributed by atoms with Crippen molar-refractivity contribution in [3.63, 3.8) is 0 Å². The van der Waals surface area contributed by atoms with Crippen molar-refractivity contribution in [3.8, 4) is 17.2 Å². The first-order chi connectivity index (χ1) is 8.20. The fourth-order valence-electron chi connectivity index (χ4n) is 1.88. The summed E-state index contributed by atoms with van der Waals surface area (Å²) in [4.78, 5) is 0. The molecule has 84 valence electrons. The Balaban J connectivity index is 2.42. The van der Waals surface area contributed by atoms with E-state index >= 15 is 0 Å². The molecule has 0 fully saturated rings. The maximum atomic E-state index is 8.70. The van der Waals surface area contributed by atoms with Gasteiger partial charge in [0, 0.05) is 5.69 Å². The number of hydrogen-bond donors (Lipinski definition) is 1. The van der Waals surface area contributed by atoms with Crippen molar-refractivity contribution in [3.05, 3.63) is 53.6 Å². The summed E-state index contributed by atoms with van der Waals surface area (Å²) in [6.07, 6.45) is 0.461. The Morgan fingerprint density at radius 3 is 2.53 bits per heavy atom. The molecule has 0 unspecified atom stereocenters. The van der Waals surface area contributed by atoms with Gasteiger partial charge in [0.25, 0.3) is 0 Å². The minimum absolute atomic E-state index is 0.461. The zero-order valence-electron chi connectivity index (χ0n) is 9.77. The van der Waals surface area contributed by atoms with E-state index in [4.69, 9.17) is 11.0 Å². The lowest BCUT2D eigenvalue weighted by Gasteiger charge is -2.07. The highest BCUT2D eigenvalue weighted by Gasteiger charge is 2.02. The van der Waals surface area contributed by atoms with Gasteiger partial charge in [0.2, 0.25) is 0 Å². The van der Waals surface area contributed by atoms with Gasteiger partial charge < -0.3 is 5.73 Å². The molecule has 2 rings (SSSR count). The van der Waals surface area contributed by atoms with E-state index < -0.39 is 0 Å². The first-order valence-electron chi connectivity index (χ1n) is 5.53. The molecule has 2 nitrogen and oxygen atoms in total. The molecule has 0 aliphatic rings. The van der Waals surface area contributed by atoms with E-state index in [1.54, 1.807) is 0 Å². The minimum atomic E-state index is 0.461. The number of nitrogen functional groups attached to an aromatic ring is 1. The van der Waals surface area contributed by atoms with E-state index in [0.29, 0.717) is 6.42 Å². The van der Waals surface area contributed by atoms with Gasteiger partial charge in [-0.05, 0) is 41.3 Å². The highest BCUT2D eigenvalue weighted by atomic mass is 14.5. The number of rotatable bonds is 2. The van der Waals surface area contributed by atoms with Crippen molar-refractivity contribution in [2.45, 2.75) is 13.3 Å². The highest BCUT2D eigenvalue weighted by molar-refractivity contribution is 5.68. The van der Waals surface area contributed by atoms with E-state index in [1.807, 2.05) is 43.3 Å². The van der Waals surface area contributed by atoms with Crippen molar-refractivity contribution < 1.29 is 0 Å². The first kappa shape index (κ1) is 11.2. The predicted octanol–water partition coefficient (Wildman–Crippen LogP) is 3.31. The van der Waals surface area contributed by atoms with Crippen molar-refractivity contribution in [2.75, 3.05) is 5.73 Å². The molecule has 0 aliphatic heterocycles. The summed E-state index contributed by atoms with van der Waals surface area (Å²) >= 11 is 0. The smallest absolute Gasteiger partial charge is 0.0669 e. The van der Waals surface area contributed by atoms with E-state index in [0.717, 1.165) is 27.9 Å². The lowest BCUT2D eigenvalue weighted by molar-refractivity contribution is 1.21. The Labute approximate surface area is 101 Å². The number of nitriles is 1. The Kier molecular flexibility index (Phi) is 3.11. The van der Waals surface area contributed by atoms with Crippen LogP contribution in [0.2, 0.25) is 0 Å². The molecule has 0 spiro atoms. The van der Waals surface area contributed by atoms with Crippen molar-refractivity contribution in [2.24, 2.45) is 0 Å². The molecule has 17 heavy (non-hydrogen) atoms. The molecule has 0 heterocycles. The van der Waals surface area contributed by atoms with Gasteiger partial charge in [-0.15, -0.1) is 0 Å². The number of aryl methyl sites for hydroxylation is 1. The normalized spacial score (nSPS) is 9.88. The fourth-order valence-corrected chi connectivity index (χ4v) is 1.88. The van der Waals surface area contributed by atoms with Crippen LogP contribution in [0.25, 0.3) is 11.1 Å². The third-order valence-corrected chi connectivity index (χ3v) is 2.83. The number of hydrogen-bond acceptors (Lipinski definition) is 2. The van der Waals surface area contributed by atoms with Crippen LogP contribution in [0.15, 0.2) is 42.5 Å². The molecule has 2 N–H and O–H groups in total. The average Bonchev–Trinajstić information content (AvgIpc) is 2.32. The Bertz CT molecular complexity index is 580. The van der Waals surface area contributed by atoms with Crippen molar-refractivity contribution in [1.82, 2.24) is 0 Å². The second-order valence-electron chi connectivity index (χ2n) is 4.10.